The van der Waals surface area contributed by atoms with E-state index in [1.807, 2.05) is 24.4 Å². The summed E-state index contributed by atoms with van der Waals surface area (Å²) in [6, 6.07) is 11.9. The number of H-pyrrole nitrogens is 1. The number of aromatic amines is 1. The van der Waals surface area contributed by atoms with Crippen molar-refractivity contribution in [2.45, 2.75) is 37.5 Å². The van der Waals surface area contributed by atoms with Crippen molar-refractivity contribution in [3.05, 3.63) is 54.0 Å². The largest absolute Gasteiger partial charge is 0.356 e. The Balaban J connectivity index is 1.38. The van der Waals surface area contributed by atoms with E-state index in [2.05, 4.69) is 37.3 Å². The molecule has 1 aliphatic carbocycles. The summed E-state index contributed by atoms with van der Waals surface area (Å²) in [7, 11) is 1.47. The molecule has 2 heterocycles. The lowest BCUT2D eigenvalue weighted by atomic mass is 9.86. The lowest BCUT2D eigenvalue weighted by Gasteiger charge is -2.35. The second-order valence-corrected chi connectivity index (χ2v) is 10.8. The van der Waals surface area contributed by atoms with E-state index >= 15 is 0 Å². The molecule has 0 saturated heterocycles. The fraction of sp³-hybridized carbons (Fsp3) is 0.435. The highest BCUT2D eigenvalue weighted by molar-refractivity contribution is 7.92. The highest BCUT2D eigenvalue weighted by Gasteiger charge is 2.28. The first-order valence-electron chi connectivity index (χ1n) is 10.6. The molecule has 1 saturated carbocycles. The number of rotatable bonds is 6. The Bertz CT molecular complexity index is 1190. The summed E-state index contributed by atoms with van der Waals surface area (Å²) in [5.41, 5.74) is 2.45. The van der Waals surface area contributed by atoms with Crippen molar-refractivity contribution in [1.82, 2.24) is 15.0 Å². The molecule has 4 rings (SSSR count). The van der Waals surface area contributed by atoms with Crippen molar-refractivity contribution in [2.24, 2.45) is 10.3 Å². The molecule has 0 aliphatic heterocycles. The minimum Gasteiger partial charge on any atom is -0.356 e. The van der Waals surface area contributed by atoms with Crippen LogP contribution in [0.1, 0.15) is 36.8 Å². The molecule has 3 aromatic rings. The van der Waals surface area contributed by atoms with E-state index in [1.54, 1.807) is 25.5 Å². The van der Waals surface area contributed by atoms with E-state index in [1.165, 1.54) is 0 Å². The van der Waals surface area contributed by atoms with Crippen LogP contribution in [0.25, 0.3) is 11.0 Å². The van der Waals surface area contributed by atoms with Gasteiger partial charge in [0.1, 0.15) is 17.8 Å². The van der Waals surface area contributed by atoms with Gasteiger partial charge in [-0.05, 0) is 55.4 Å². The highest BCUT2D eigenvalue weighted by Crippen LogP contribution is 2.32. The first-order valence-corrected chi connectivity index (χ1v) is 12.5. The van der Waals surface area contributed by atoms with Crippen LogP contribution in [-0.2, 0) is 15.5 Å². The summed E-state index contributed by atoms with van der Waals surface area (Å²) in [6.07, 6.45) is 7.68. The molecular formula is C23H28N6OS. The highest BCUT2D eigenvalue weighted by atomic mass is 32.2. The minimum atomic E-state index is -2.31. The van der Waals surface area contributed by atoms with Gasteiger partial charge >= 0.3 is 0 Å². The van der Waals surface area contributed by atoms with Gasteiger partial charge < -0.3 is 9.88 Å². The number of aromatic nitrogens is 3. The topological polar surface area (TPSA) is 98.0 Å². The maximum atomic E-state index is 13.4. The number of benzene rings is 1. The smallest absolute Gasteiger partial charge is 0.142 e. The van der Waals surface area contributed by atoms with Crippen LogP contribution < -0.4 is 4.90 Å². The quantitative estimate of drug-likeness (QED) is 0.627. The molecule has 0 radical (unpaired) electrons. The van der Waals surface area contributed by atoms with E-state index < -0.39 is 9.73 Å². The van der Waals surface area contributed by atoms with Crippen molar-refractivity contribution < 1.29 is 4.21 Å². The first kappa shape index (κ1) is 21.3. The lowest BCUT2D eigenvalue weighted by molar-refractivity contribution is 0.342. The average Bonchev–Trinajstić information content (AvgIpc) is 3.29. The molecule has 7 nitrogen and oxygen atoms in total. The summed E-state index contributed by atoms with van der Waals surface area (Å²) in [5.74, 6) is 2.46. The van der Waals surface area contributed by atoms with Gasteiger partial charge in [0.15, 0.2) is 0 Å². The summed E-state index contributed by atoms with van der Waals surface area (Å²) in [6.45, 7) is 0. The maximum absolute atomic E-state index is 13.4. The standard InChI is InChI=1S/C23H28N6OS/c1-25-31(30,14-18-5-3-17(13-24)4-6-18)15-19-7-9-20(10-8-19)29(2)23-21-11-12-26-22(21)27-16-28-23/h3-6,11-12,16,19-20H,7-10,14-15H2,1-2H3,(H,26,27,28). The fourth-order valence-corrected chi connectivity index (χ4v) is 6.69. The fourth-order valence-electron chi connectivity index (χ4n) is 4.51. The Hall–Kier alpha value is -2.92. The predicted molar refractivity (Wildman–Crippen MR) is 124 cm³/mol. The Morgan fingerprint density at radius 3 is 2.61 bits per heavy atom. The molecule has 1 N–H and O–H groups in total. The molecule has 0 spiro atoms. The average molecular weight is 437 g/mol. The third kappa shape index (κ3) is 4.72. The molecule has 1 aromatic carbocycles. The Labute approximate surface area is 183 Å². The van der Waals surface area contributed by atoms with E-state index in [0.29, 0.717) is 29.0 Å². The van der Waals surface area contributed by atoms with Crippen molar-refractivity contribution in [1.29, 1.82) is 5.26 Å². The van der Waals surface area contributed by atoms with Crippen LogP contribution in [0.3, 0.4) is 0 Å². The molecule has 0 bridgehead atoms. The van der Waals surface area contributed by atoms with E-state index in [0.717, 1.165) is 48.1 Å². The molecule has 2 aromatic heterocycles. The second kappa shape index (κ2) is 9.06. The molecule has 1 atom stereocenters. The van der Waals surface area contributed by atoms with Crippen LogP contribution >= 0.6 is 0 Å². The van der Waals surface area contributed by atoms with Crippen LogP contribution in [0.2, 0.25) is 0 Å². The number of hydrogen-bond donors (Lipinski definition) is 1. The van der Waals surface area contributed by atoms with Gasteiger partial charge in [-0.3, -0.25) is 0 Å². The molecule has 162 valence electrons. The van der Waals surface area contributed by atoms with E-state index in [-0.39, 0.29) is 0 Å². The zero-order valence-electron chi connectivity index (χ0n) is 18.0. The molecular weight excluding hydrogens is 408 g/mol. The van der Waals surface area contributed by atoms with E-state index in [4.69, 9.17) is 5.26 Å². The third-order valence-corrected chi connectivity index (χ3v) is 8.78. The van der Waals surface area contributed by atoms with Gasteiger partial charge in [-0.25, -0.2) is 18.5 Å². The van der Waals surface area contributed by atoms with Crippen molar-refractivity contribution in [3.8, 4) is 6.07 Å². The summed E-state index contributed by atoms with van der Waals surface area (Å²) in [4.78, 5) is 14.2. The van der Waals surface area contributed by atoms with Crippen LogP contribution in [0, 0.1) is 17.2 Å². The van der Waals surface area contributed by atoms with Gasteiger partial charge in [0.25, 0.3) is 0 Å². The van der Waals surface area contributed by atoms with E-state index in [9.17, 15) is 4.21 Å². The van der Waals surface area contributed by atoms with Gasteiger partial charge in [0.05, 0.1) is 32.5 Å². The monoisotopic (exact) mass is 436 g/mol. The number of nitrogens with zero attached hydrogens (tertiary/aromatic N) is 5. The van der Waals surface area contributed by atoms with Gasteiger partial charge in [-0.2, -0.15) is 5.26 Å². The number of anilines is 1. The normalized spacial score (nSPS) is 20.7. The number of nitrogens with one attached hydrogen (secondary N) is 1. The summed E-state index contributed by atoms with van der Waals surface area (Å²) >= 11 is 0. The molecule has 31 heavy (non-hydrogen) atoms. The second-order valence-electron chi connectivity index (χ2n) is 8.30. The van der Waals surface area contributed by atoms with Crippen molar-refractivity contribution in [2.75, 3.05) is 24.7 Å². The van der Waals surface area contributed by atoms with Crippen LogP contribution in [0.15, 0.2) is 47.2 Å². The molecule has 1 aliphatic rings. The van der Waals surface area contributed by atoms with Gasteiger partial charge in [0.2, 0.25) is 0 Å². The van der Waals surface area contributed by atoms with Gasteiger partial charge in [-0.15, -0.1) is 0 Å². The summed E-state index contributed by atoms with van der Waals surface area (Å²) in [5, 5.41) is 10.0. The summed E-state index contributed by atoms with van der Waals surface area (Å²) < 4.78 is 17.8. The number of hydrogen-bond acceptors (Lipinski definition) is 6. The van der Waals surface area contributed by atoms with Crippen LogP contribution in [-0.4, -0.2) is 45.1 Å². The zero-order valence-corrected chi connectivity index (χ0v) is 18.8. The van der Waals surface area contributed by atoms with Crippen molar-refractivity contribution >= 4 is 26.6 Å². The van der Waals surface area contributed by atoms with Crippen molar-refractivity contribution in [3.63, 3.8) is 0 Å². The van der Waals surface area contributed by atoms with Crippen LogP contribution in [0.5, 0.6) is 0 Å². The SMILES string of the molecule is CN=S(=O)(Cc1ccc(C#N)cc1)CC1CCC(N(C)c2ncnc3[nH]ccc23)CC1. The molecule has 0 amide bonds. The number of fused-ring (bicyclic) bond motifs is 1. The maximum Gasteiger partial charge on any atom is 0.142 e. The minimum absolute atomic E-state index is 0.414. The first-order chi connectivity index (χ1) is 15.0. The number of nitriles is 1. The Kier molecular flexibility index (Phi) is 6.23. The molecule has 1 unspecified atom stereocenters. The van der Waals surface area contributed by atoms with Crippen LogP contribution in [0.4, 0.5) is 5.82 Å². The predicted octanol–water partition coefficient (Wildman–Crippen LogP) is 4.12. The zero-order chi connectivity index (χ0) is 21.8. The third-order valence-electron chi connectivity index (χ3n) is 6.34. The Morgan fingerprint density at radius 2 is 1.94 bits per heavy atom. The van der Waals surface area contributed by atoms with Gasteiger partial charge in [-0.1, -0.05) is 12.1 Å². The molecule has 1 fully saturated rings. The molecule has 8 heteroatoms. The Morgan fingerprint density at radius 1 is 1.19 bits per heavy atom. The van der Waals surface area contributed by atoms with Gasteiger partial charge in [0, 0.05) is 32.1 Å². The lowest BCUT2D eigenvalue weighted by Crippen LogP contribution is -2.37.